The van der Waals surface area contributed by atoms with Crippen LogP contribution in [0.4, 0.5) is 0 Å². The highest BCUT2D eigenvalue weighted by atomic mass is 35.5. The first-order valence-corrected chi connectivity index (χ1v) is 7.75. The molecule has 1 rings (SSSR count). The summed E-state index contributed by atoms with van der Waals surface area (Å²) in [5, 5.41) is 3.41. The van der Waals surface area contributed by atoms with Crippen molar-refractivity contribution in [3.8, 4) is 0 Å². The number of amides is 1. The Morgan fingerprint density at radius 3 is 2.40 bits per heavy atom. The molecule has 1 aromatic rings. The third-order valence-corrected chi connectivity index (χ3v) is 3.81. The molecule has 0 aliphatic heterocycles. The maximum atomic E-state index is 11.9. The molecule has 3 N–H and O–H groups in total. The number of benzene rings is 1. The molecule has 0 saturated heterocycles. The molecule has 4 nitrogen and oxygen atoms in total. The fourth-order valence-corrected chi connectivity index (χ4v) is 2.26. The Morgan fingerprint density at radius 2 is 1.85 bits per heavy atom. The van der Waals surface area contributed by atoms with Crippen molar-refractivity contribution in [1.29, 1.82) is 0 Å². The second kappa shape index (κ2) is 7.67. The molecule has 0 radical (unpaired) electrons. The number of carbonyl (C=O) groups excluding carboxylic acids is 2. The maximum Gasteiger partial charge on any atom is 0.230 e. The predicted octanol–water partition coefficient (Wildman–Crippen LogP) is 2.11. The number of thioether (sulfide) groups is 1. The molecule has 0 heterocycles. The first kappa shape index (κ1) is 17.0. The summed E-state index contributed by atoms with van der Waals surface area (Å²) in [5.41, 5.74) is 5.72. The number of halogens is 1. The van der Waals surface area contributed by atoms with Crippen LogP contribution in [0.1, 0.15) is 24.2 Å². The van der Waals surface area contributed by atoms with Crippen molar-refractivity contribution in [3.63, 3.8) is 0 Å². The number of hydrogen-bond acceptors (Lipinski definition) is 4. The van der Waals surface area contributed by atoms with Crippen LogP contribution >= 0.6 is 23.4 Å². The van der Waals surface area contributed by atoms with Crippen LogP contribution in [0.3, 0.4) is 0 Å². The Kier molecular flexibility index (Phi) is 6.52. The number of carbonyl (C=O) groups is 2. The van der Waals surface area contributed by atoms with E-state index in [1.165, 1.54) is 11.8 Å². The summed E-state index contributed by atoms with van der Waals surface area (Å²) < 4.78 is 0. The fourth-order valence-electron chi connectivity index (χ4n) is 1.42. The van der Waals surface area contributed by atoms with E-state index in [0.29, 0.717) is 17.1 Å². The van der Waals surface area contributed by atoms with Gasteiger partial charge in [0.25, 0.3) is 0 Å². The lowest BCUT2D eigenvalue weighted by Crippen LogP contribution is -2.49. The van der Waals surface area contributed by atoms with Gasteiger partial charge in [-0.15, -0.1) is 11.8 Å². The molecule has 0 fully saturated rings. The molecular weight excluding hydrogens is 296 g/mol. The lowest BCUT2D eigenvalue weighted by Gasteiger charge is -2.23. The van der Waals surface area contributed by atoms with E-state index in [0.717, 1.165) is 0 Å². The van der Waals surface area contributed by atoms with Crippen molar-refractivity contribution in [2.24, 2.45) is 5.73 Å². The Bertz CT molecular complexity index is 475. The molecule has 0 atom stereocenters. The normalized spacial score (nSPS) is 11.2. The number of nitrogens with one attached hydrogen (secondary N) is 1. The third-order valence-electron chi connectivity index (χ3n) is 2.62. The van der Waals surface area contributed by atoms with Gasteiger partial charge in [0.05, 0.1) is 11.5 Å². The zero-order valence-corrected chi connectivity index (χ0v) is 13.2. The first-order valence-electron chi connectivity index (χ1n) is 6.21. The van der Waals surface area contributed by atoms with Gasteiger partial charge in [0.2, 0.25) is 5.91 Å². The second-order valence-electron chi connectivity index (χ2n) is 5.06. The summed E-state index contributed by atoms with van der Waals surface area (Å²) in [6, 6.07) is 6.72. The monoisotopic (exact) mass is 314 g/mol. The summed E-state index contributed by atoms with van der Waals surface area (Å²) in [4.78, 5) is 23.5. The molecule has 20 heavy (non-hydrogen) atoms. The number of hydrogen-bond donors (Lipinski definition) is 2. The summed E-state index contributed by atoms with van der Waals surface area (Å²) >= 11 is 7.04. The van der Waals surface area contributed by atoms with Crippen molar-refractivity contribution < 1.29 is 9.59 Å². The number of ketones is 1. The van der Waals surface area contributed by atoms with Crippen LogP contribution in [-0.4, -0.2) is 35.3 Å². The SMILES string of the molecule is CC(C)(CN)NC(=O)CSCC(=O)c1ccc(Cl)cc1. The van der Waals surface area contributed by atoms with Crippen LogP contribution in [-0.2, 0) is 4.79 Å². The number of rotatable bonds is 7. The molecule has 0 aliphatic carbocycles. The summed E-state index contributed by atoms with van der Waals surface area (Å²) in [6.45, 7) is 4.08. The average molecular weight is 315 g/mol. The summed E-state index contributed by atoms with van der Waals surface area (Å²) in [7, 11) is 0. The molecule has 1 aromatic carbocycles. The fraction of sp³-hybridized carbons (Fsp3) is 0.429. The highest BCUT2D eigenvalue weighted by Crippen LogP contribution is 2.12. The van der Waals surface area contributed by atoms with Crippen molar-refractivity contribution in [1.82, 2.24) is 5.32 Å². The first-order chi connectivity index (χ1) is 9.34. The van der Waals surface area contributed by atoms with Gasteiger partial charge in [-0.05, 0) is 38.1 Å². The molecule has 0 spiro atoms. The minimum Gasteiger partial charge on any atom is -0.349 e. The van der Waals surface area contributed by atoms with Gasteiger partial charge in [0.1, 0.15) is 0 Å². The highest BCUT2D eigenvalue weighted by Gasteiger charge is 2.18. The van der Waals surface area contributed by atoms with Crippen LogP contribution in [0.5, 0.6) is 0 Å². The summed E-state index contributed by atoms with van der Waals surface area (Å²) in [6.07, 6.45) is 0. The van der Waals surface area contributed by atoms with E-state index in [-0.39, 0.29) is 23.2 Å². The molecule has 0 aromatic heterocycles. The van der Waals surface area contributed by atoms with Crippen LogP contribution in [0.15, 0.2) is 24.3 Å². The molecule has 6 heteroatoms. The number of Topliss-reactive ketones (excluding diaryl/α,β-unsaturated/α-hetero) is 1. The van der Waals surface area contributed by atoms with Crippen LogP contribution in [0.25, 0.3) is 0 Å². The van der Waals surface area contributed by atoms with Gasteiger partial charge < -0.3 is 11.1 Å². The van der Waals surface area contributed by atoms with E-state index < -0.39 is 5.54 Å². The van der Waals surface area contributed by atoms with Crippen molar-refractivity contribution in [2.75, 3.05) is 18.1 Å². The summed E-state index contributed by atoms with van der Waals surface area (Å²) in [5.74, 6) is 0.368. The Morgan fingerprint density at radius 1 is 1.25 bits per heavy atom. The van der Waals surface area contributed by atoms with Crippen LogP contribution in [0, 0.1) is 0 Å². The van der Waals surface area contributed by atoms with Crippen molar-refractivity contribution in [2.45, 2.75) is 19.4 Å². The molecule has 0 unspecified atom stereocenters. The van der Waals surface area contributed by atoms with E-state index in [4.69, 9.17) is 17.3 Å². The zero-order valence-electron chi connectivity index (χ0n) is 11.6. The largest absolute Gasteiger partial charge is 0.349 e. The van der Waals surface area contributed by atoms with Gasteiger partial charge >= 0.3 is 0 Å². The second-order valence-corrected chi connectivity index (χ2v) is 6.48. The zero-order chi connectivity index (χ0) is 15.2. The van der Waals surface area contributed by atoms with Gasteiger partial charge in [-0.2, -0.15) is 0 Å². The van der Waals surface area contributed by atoms with E-state index in [2.05, 4.69) is 5.32 Å². The van der Waals surface area contributed by atoms with Gasteiger partial charge in [-0.1, -0.05) is 11.6 Å². The average Bonchev–Trinajstić information content (AvgIpc) is 2.38. The molecular formula is C14H19ClN2O2S. The Hall–Kier alpha value is -1.04. The van der Waals surface area contributed by atoms with Crippen molar-refractivity contribution in [3.05, 3.63) is 34.9 Å². The lowest BCUT2D eigenvalue weighted by molar-refractivity contribution is -0.120. The predicted molar refractivity (Wildman–Crippen MR) is 84.4 cm³/mol. The van der Waals surface area contributed by atoms with E-state index in [1.54, 1.807) is 24.3 Å². The van der Waals surface area contributed by atoms with Crippen molar-refractivity contribution >= 4 is 35.1 Å². The molecule has 1 amide bonds. The topological polar surface area (TPSA) is 72.2 Å². The van der Waals surface area contributed by atoms with E-state index in [1.807, 2.05) is 13.8 Å². The Balaban J connectivity index is 2.35. The Labute approximate surface area is 128 Å². The van der Waals surface area contributed by atoms with Gasteiger partial charge in [-0.3, -0.25) is 9.59 Å². The lowest BCUT2D eigenvalue weighted by atomic mass is 10.1. The highest BCUT2D eigenvalue weighted by molar-refractivity contribution is 8.00. The van der Waals surface area contributed by atoms with E-state index >= 15 is 0 Å². The van der Waals surface area contributed by atoms with Crippen LogP contribution in [0.2, 0.25) is 5.02 Å². The minimum atomic E-state index is -0.419. The smallest absolute Gasteiger partial charge is 0.230 e. The molecule has 0 aliphatic rings. The van der Waals surface area contributed by atoms with Gasteiger partial charge in [0.15, 0.2) is 5.78 Å². The number of nitrogens with two attached hydrogens (primary N) is 1. The molecule has 110 valence electrons. The quantitative estimate of drug-likeness (QED) is 0.756. The maximum absolute atomic E-state index is 11.9. The minimum absolute atomic E-state index is 0.0162. The standard InChI is InChI=1S/C14H19ClN2O2S/c1-14(2,9-16)17-13(19)8-20-7-12(18)10-3-5-11(15)6-4-10/h3-6H,7-9,16H2,1-2H3,(H,17,19). The third kappa shape index (κ3) is 5.94. The van der Waals surface area contributed by atoms with Gasteiger partial charge in [0, 0.05) is 22.7 Å². The van der Waals surface area contributed by atoms with E-state index in [9.17, 15) is 9.59 Å². The van der Waals surface area contributed by atoms with Gasteiger partial charge in [-0.25, -0.2) is 0 Å². The molecule has 0 bridgehead atoms. The van der Waals surface area contributed by atoms with Crippen LogP contribution < -0.4 is 11.1 Å². The molecule has 0 saturated carbocycles.